The summed E-state index contributed by atoms with van der Waals surface area (Å²) in [4.78, 5) is 27.1. The highest BCUT2D eigenvalue weighted by Crippen LogP contribution is 2.37. The van der Waals surface area contributed by atoms with E-state index >= 15 is 0 Å². The summed E-state index contributed by atoms with van der Waals surface area (Å²) in [5.41, 5.74) is 3.51. The second-order valence-corrected chi connectivity index (χ2v) is 11.8. The van der Waals surface area contributed by atoms with Crippen LogP contribution < -0.4 is 10.1 Å². The molecule has 1 atom stereocenters. The SMILES string of the molecule is CCc1cc2c(Oc3ccc4c(c3)[C@H](C)N(C(=O)Nc3ccc(CN5CCN(CC)CC5)c(C(F)(F)F)c3)CC4)ccnc2[nH]1. The number of rotatable bonds is 7. The maximum atomic E-state index is 14.2. The number of piperazine rings is 1. The van der Waals surface area contributed by atoms with E-state index in [0.29, 0.717) is 24.5 Å². The number of pyridine rings is 1. The number of benzene rings is 2. The molecule has 2 aromatic heterocycles. The lowest BCUT2D eigenvalue weighted by Crippen LogP contribution is -2.45. The van der Waals surface area contributed by atoms with Gasteiger partial charge in [0.15, 0.2) is 0 Å². The number of likely N-dealkylation sites (N-methyl/N-ethyl adjacent to an activating group) is 1. The van der Waals surface area contributed by atoms with Crippen LogP contribution in [0.4, 0.5) is 23.7 Å². The van der Waals surface area contributed by atoms with Gasteiger partial charge in [-0.2, -0.15) is 13.2 Å². The number of aryl methyl sites for hydroxylation is 1. The molecule has 0 saturated carbocycles. The lowest BCUT2D eigenvalue weighted by Gasteiger charge is -2.35. The number of ether oxygens (including phenoxy) is 1. The Morgan fingerprint density at radius 3 is 2.53 bits per heavy atom. The predicted molar refractivity (Wildman–Crippen MR) is 169 cm³/mol. The van der Waals surface area contributed by atoms with Gasteiger partial charge >= 0.3 is 12.2 Å². The average molecular weight is 621 g/mol. The van der Waals surface area contributed by atoms with E-state index in [1.54, 1.807) is 17.2 Å². The summed E-state index contributed by atoms with van der Waals surface area (Å²) >= 11 is 0. The minimum atomic E-state index is -4.53. The molecular formula is C34H39F3N6O2. The minimum Gasteiger partial charge on any atom is -0.457 e. The highest BCUT2D eigenvalue weighted by molar-refractivity contribution is 5.90. The van der Waals surface area contributed by atoms with E-state index in [1.807, 2.05) is 37.3 Å². The Balaban J connectivity index is 1.16. The maximum Gasteiger partial charge on any atom is 0.416 e. The molecule has 4 aromatic rings. The van der Waals surface area contributed by atoms with E-state index in [4.69, 9.17) is 4.74 Å². The van der Waals surface area contributed by atoms with Gasteiger partial charge in [-0.3, -0.25) is 4.90 Å². The summed E-state index contributed by atoms with van der Waals surface area (Å²) in [5, 5.41) is 3.63. The van der Waals surface area contributed by atoms with Crippen LogP contribution in [0.1, 0.15) is 54.8 Å². The topological polar surface area (TPSA) is 76.7 Å². The maximum absolute atomic E-state index is 14.2. The monoisotopic (exact) mass is 620 g/mol. The molecule has 2 aliphatic heterocycles. The van der Waals surface area contributed by atoms with Crippen molar-refractivity contribution in [3.8, 4) is 11.5 Å². The number of urea groups is 1. The molecule has 0 spiro atoms. The fourth-order valence-corrected chi connectivity index (χ4v) is 6.35. The normalized spacial score (nSPS) is 17.8. The molecule has 0 bridgehead atoms. The quantitative estimate of drug-likeness (QED) is 0.228. The van der Waals surface area contributed by atoms with Gasteiger partial charge in [0.25, 0.3) is 0 Å². The number of hydrogen-bond acceptors (Lipinski definition) is 5. The molecule has 6 rings (SSSR count). The standard InChI is InChI=1S/C34H39F3N6O2/c1-4-25-18-29-31(10-12-38-32(29)39-25)45-27-9-7-23-11-13-43(22(3)28(23)20-27)33(44)40-26-8-6-24(30(19-26)34(35,36)37)21-42-16-14-41(5-2)15-17-42/h6-10,12,18-20,22H,4-5,11,13-17,21H2,1-3H3,(H,38,39)(H,40,44)/t22-/m0/s1. The van der Waals surface area contributed by atoms with Crippen LogP contribution in [-0.2, 0) is 25.6 Å². The number of nitrogens with one attached hydrogen (secondary N) is 2. The first-order valence-corrected chi connectivity index (χ1v) is 15.6. The number of anilines is 1. The molecule has 45 heavy (non-hydrogen) atoms. The van der Waals surface area contributed by atoms with Crippen molar-refractivity contribution in [2.45, 2.75) is 52.4 Å². The molecule has 1 fully saturated rings. The van der Waals surface area contributed by atoms with Gasteiger partial charge in [0.1, 0.15) is 17.1 Å². The van der Waals surface area contributed by atoms with Gasteiger partial charge in [0.05, 0.1) is 17.0 Å². The second kappa shape index (κ2) is 12.7. The molecule has 2 amide bonds. The summed E-state index contributed by atoms with van der Waals surface area (Å²) in [5.74, 6) is 1.32. The van der Waals surface area contributed by atoms with E-state index in [9.17, 15) is 18.0 Å². The predicted octanol–water partition coefficient (Wildman–Crippen LogP) is 7.23. The van der Waals surface area contributed by atoms with Crippen LogP contribution in [0.25, 0.3) is 11.0 Å². The Morgan fingerprint density at radius 1 is 1.02 bits per heavy atom. The van der Waals surface area contributed by atoms with Crippen LogP contribution >= 0.6 is 0 Å². The van der Waals surface area contributed by atoms with Crippen molar-refractivity contribution in [1.82, 2.24) is 24.7 Å². The largest absolute Gasteiger partial charge is 0.457 e. The number of alkyl halides is 3. The van der Waals surface area contributed by atoms with Gasteiger partial charge in [0.2, 0.25) is 0 Å². The summed E-state index contributed by atoms with van der Waals surface area (Å²) in [6, 6.07) is 13.1. The highest BCUT2D eigenvalue weighted by Gasteiger charge is 2.35. The zero-order valence-electron chi connectivity index (χ0n) is 25.9. The van der Waals surface area contributed by atoms with Crippen molar-refractivity contribution in [2.24, 2.45) is 0 Å². The number of aromatic nitrogens is 2. The third-order valence-electron chi connectivity index (χ3n) is 9.05. The summed E-state index contributed by atoms with van der Waals surface area (Å²) in [6.07, 6.45) is -1.36. The van der Waals surface area contributed by atoms with Gasteiger partial charge in [-0.05, 0) is 79.4 Å². The number of hydrogen-bond donors (Lipinski definition) is 2. The van der Waals surface area contributed by atoms with Crippen molar-refractivity contribution in [3.05, 3.63) is 82.7 Å². The highest BCUT2D eigenvalue weighted by atomic mass is 19.4. The molecule has 11 heteroatoms. The zero-order chi connectivity index (χ0) is 31.7. The number of nitrogens with zero attached hydrogens (tertiary/aromatic N) is 4. The van der Waals surface area contributed by atoms with Crippen LogP contribution in [0.3, 0.4) is 0 Å². The first-order chi connectivity index (χ1) is 21.6. The van der Waals surface area contributed by atoms with Crippen molar-refractivity contribution in [1.29, 1.82) is 0 Å². The van der Waals surface area contributed by atoms with Crippen LogP contribution in [0.5, 0.6) is 11.5 Å². The van der Waals surface area contributed by atoms with Gasteiger partial charge in [-0.15, -0.1) is 0 Å². The molecular weight excluding hydrogens is 581 g/mol. The number of amides is 2. The van der Waals surface area contributed by atoms with Gasteiger partial charge in [-0.25, -0.2) is 9.78 Å². The number of H-pyrrole nitrogens is 1. The molecule has 4 heterocycles. The molecule has 2 aromatic carbocycles. The molecule has 8 nitrogen and oxygen atoms in total. The number of aromatic amines is 1. The van der Waals surface area contributed by atoms with Crippen molar-refractivity contribution >= 4 is 22.8 Å². The molecule has 0 unspecified atom stereocenters. The Kier molecular flexibility index (Phi) is 8.74. The molecule has 2 aliphatic rings. The molecule has 0 aliphatic carbocycles. The lowest BCUT2D eigenvalue weighted by molar-refractivity contribution is -0.138. The van der Waals surface area contributed by atoms with E-state index in [2.05, 4.69) is 38.9 Å². The third kappa shape index (κ3) is 6.64. The average Bonchev–Trinajstić information content (AvgIpc) is 3.47. The third-order valence-corrected chi connectivity index (χ3v) is 9.05. The molecule has 1 saturated heterocycles. The number of carbonyl (C=O) groups is 1. The van der Waals surface area contributed by atoms with Gasteiger partial charge < -0.3 is 24.8 Å². The molecule has 0 radical (unpaired) electrons. The van der Waals surface area contributed by atoms with Crippen molar-refractivity contribution < 1.29 is 22.7 Å². The van der Waals surface area contributed by atoms with E-state index < -0.39 is 17.8 Å². The first kappa shape index (κ1) is 30.9. The van der Waals surface area contributed by atoms with Crippen LogP contribution in [0.15, 0.2) is 54.7 Å². The van der Waals surface area contributed by atoms with Crippen LogP contribution in [0.2, 0.25) is 0 Å². The summed E-state index contributed by atoms with van der Waals surface area (Å²) in [7, 11) is 0. The number of carbonyl (C=O) groups excluding carboxylic acids is 1. The Morgan fingerprint density at radius 2 is 1.80 bits per heavy atom. The zero-order valence-corrected chi connectivity index (χ0v) is 25.9. The fourth-order valence-electron chi connectivity index (χ4n) is 6.35. The van der Waals surface area contributed by atoms with Gasteiger partial charge in [0, 0.05) is 56.8 Å². The van der Waals surface area contributed by atoms with Crippen molar-refractivity contribution in [2.75, 3.05) is 44.6 Å². The minimum absolute atomic E-state index is 0.126. The first-order valence-electron chi connectivity index (χ1n) is 15.6. The Labute approximate surface area is 261 Å². The Hall–Kier alpha value is -4.09. The van der Waals surface area contributed by atoms with Crippen molar-refractivity contribution in [3.63, 3.8) is 0 Å². The van der Waals surface area contributed by atoms with Crippen LogP contribution in [0, 0.1) is 0 Å². The smallest absolute Gasteiger partial charge is 0.416 e. The molecule has 238 valence electrons. The fraction of sp³-hybridized carbons (Fsp3) is 0.412. The number of fused-ring (bicyclic) bond motifs is 2. The van der Waals surface area contributed by atoms with Gasteiger partial charge in [-0.1, -0.05) is 26.0 Å². The number of halogens is 3. The summed E-state index contributed by atoms with van der Waals surface area (Å²) < 4.78 is 48.7. The lowest BCUT2D eigenvalue weighted by atomic mass is 9.93. The summed E-state index contributed by atoms with van der Waals surface area (Å²) in [6.45, 7) is 10.8. The second-order valence-electron chi connectivity index (χ2n) is 11.8. The van der Waals surface area contributed by atoms with Crippen LogP contribution in [-0.4, -0.2) is 70.0 Å². The van der Waals surface area contributed by atoms with E-state index in [1.165, 1.54) is 6.07 Å². The van der Waals surface area contributed by atoms with E-state index in [0.717, 1.165) is 73.1 Å². The molecule has 2 N–H and O–H groups in total. The van der Waals surface area contributed by atoms with E-state index in [-0.39, 0.29) is 23.8 Å². The Bertz CT molecular complexity index is 1680.